The number of amides is 1. The van der Waals surface area contributed by atoms with E-state index in [1.807, 2.05) is 6.92 Å². The van der Waals surface area contributed by atoms with Gasteiger partial charge < -0.3 is 4.74 Å². The van der Waals surface area contributed by atoms with Crippen molar-refractivity contribution < 1.29 is 14.3 Å². The van der Waals surface area contributed by atoms with E-state index >= 15 is 0 Å². The Hall–Kier alpha value is -2.39. The Bertz CT molecular complexity index is 477. The third-order valence-corrected chi connectivity index (χ3v) is 1.96. The second-order valence-corrected chi connectivity index (χ2v) is 3.21. The van der Waals surface area contributed by atoms with E-state index in [0.717, 1.165) is 5.56 Å². The summed E-state index contributed by atoms with van der Waals surface area (Å²) in [6.07, 6.45) is 2.32. The van der Waals surface area contributed by atoms with Crippen LogP contribution in [0.5, 0.6) is 0 Å². The molecular formula is C12H12N2O3. The van der Waals surface area contributed by atoms with Crippen molar-refractivity contribution >= 4 is 23.5 Å². The molecule has 5 nitrogen and oxygen atoms in total. The fourth-order valence-corrected chi connectivity index (χ4v) is 1.15. The quantitative estimate of drug-likeness (QED) is 0.493. The molecule has 88 valence electrons. The van der Waals surface area contributed by atoms with E-state index in [1.54, 1.807) is 18.2 Å². The summed E-state index contributed by atoms with van der Waals surface area (Å²) in [6.45, 7) is 5.39. The SMILES string of the molecule is C=CCOC(=O)Nc1cc(N=C=O)ccc1C. The largest absolute Gasteiger partial charge is 0.445 e. The second kappa shape index (κ2) is 6.25. The van der Waals surface area contributed by atoms with Crippen molar-refractivity contribution in [3.63, 3.8) is 0 Å². The minimum atomic E-state index is -0.583. The minimum absolute atomic E-state index is 0.136. The Balaban J connectivity index is 2.81. The van der Waals surface area contributed by atoms with Gasteiger partial charge in [0.25, 0.3) is 0 Å². The van der Waals surface area contributed by atoms with Gasteiger partial charge in [-0.2, -0.15) is 4.99 Å². The number of isocyanates is 1. The summed E-state index contributed by atoms with van der Waals surface area (Å²) < 4.78 is 4.77. The zero-order valence-corrected chi connectivity index (χ0v) is 9.40. The third-order valence-electron chi connectivity index (χ3n) is 1.96. The molecule has 1 aromatic carbocycles. The van der Waals surface area contributed by atoms with Gasteiger partial charge >= 0.3 is 6.09 Å². The topological polar surface area (TPSA) is 67.8 Å². The van der Waals surface area contributed by atoms with Gasteiger partial charge in [-0.05, 0) is 24.6 Å². The number of benzene rings is 1. The Labute approximate surface area is 98.8 Å². The van der Waals surface area contributed by atoms with Crippen molar-refractivity contribution in [1.29, 1.82) is 0 Å². The number of aryl methyl sites for hydroxylation is 1. The molecule has 1 rings (SSSR count). The molecule has 0 saturated heterocycles. The van der Waals surface area contributed by atoms with Crippen LogP contribution in [0.4, 0.5) is 16.2 Å². The monoisotopic (exact) mass is 232 g/mol. The van der Waals surface area contributed by atoms with E-state index in [1.165, 1.54) is 12.2 Å². The summed E-state index contributed by atoms with van der Waals surface area (Å²) in [5, 5.41) is 2.55. The second-order valence-electron chi connectivity index (χ2n) is 3.21. The molecule has 5 heteroatoms. The van der Waals surface area contributed by atoms with Crippen LogP contribution < -0.4 is 5.32 Å². The third kappa shape index (κ3) is 3.93. The molecule has 1 N–H and O–H groups in total. The lowest BCUT2D eigenvalue weighted by Gasteiger charge is -2.08. The minimum Gasteiger partial charge on any atom is -0.445 e. The predicted octanol–water partition coefficient (Wildman–Crippen LogP) is 2.70. The maximum absolute atomic E-state index is 11.3. The first-order chi connectivity index (χ1) is 8.17. The van der Waals surface area contributed by atoms with E-state index < -0.39 is 6.09 Å². The van der Waals surface area contributed by atoms with E-state index in [2.05, 4.69) is 16.9 Å². The summed E-state index contributed by atoms with van der Waals surface area (Å²) in [5.41, 5.74) is 1.80. The van der Waals surface area contributed by atoms with Crippen molar-refractivity contribution in [2.75, 3.05) is 11.9 Å². The van der Waals surface area contributed by atoms with Crippen LogP contribution in [0.3, 0.4) is 0 Å². The number of rotatable bonds is 4. The van der Waals surface area contributed by atoms with E-state index in [-0.39, 0.29) is 6.61 Å². The predicted molar refractivity (Wildman–Crippen MR) is 64.1 cm³/mol. The molecule has 1 amide bonds. The lowest BCUT2D eigenvalue weighted by Crippen LogP contribution is -2.14. The number of nitrogens with zero attached hydrogens (tertiary/aromatic N) is 1. The molecule has 0 radical (unpaired) electrons. The molecule has 0 saturated carbocycles. The molecule has 17 heavy (non-hydrogen) atoms. The van der Waals surface area contributed by atoms with E-state index in [0.29, 0.717) is 11.4 Å². The van der Waals surface area contributed by atoms with Crippen LogP contribution in [0.25, 0.3) is 0 Å². The smallest absolute Gasteiger partial charge is 0.411 e. The first-order valence-corrected chi connectivity index (χ1v) is 4.90. The molecule has 0 bridgehead atoms. The number of hydrogen-bond acceptors (Lipinski definition) is 4. The van der Waals surface area contributed by atoms with Crippen LogP contribution in [0, 0.1) is 6.92 Å². The van der Waals surface area contributed by atoms with Gasteiger partial charge in [0.15, 0.2) is 0 Å². The Morgan fingerprint density at radius 1 is 1.65 bits per heavy atom. The van der Waals surface area contributed by atoms with Crippen molar-refractivity contribution in [2.24, 2.45) is 4.99 Å². The van der Waals surface area contributed by atoms with Crippen LogP contribution in [-0.2, 0) is 9.53 Å². The Morgan fingerprint density at radius 3 is 3.06 bits per heavy atom. The number of aliphatic imine (C=N–C) groups is 1. The zero-order chi connectivity index (χ0) is 12.7. The highest BCUT2D eigenvalue weighted by Crippen LogP contribution is 2.22. The molecule has 0 aromatic heterocycles. The van der Waals surface area contributed by atoms with Crippen LogP contribution in [0.2, 0.25) is 0 Å². The van der Waals surface area contributed by atoms with Crippen LogP contribution in [-0.4, -0.2) is 18.8 Å². The van der Waals surface area contributed by atoms with Gasteiger partial charge in [-0.15, -0.1) is 0 Å². The van der Waals surface area contributed by atoms with Crippen molar-refractivity contribution in [1.82, 2.24) is 0 Å². The van der Waals surface area contributed by atoms with Crippen molar-refractivity contribution in [2.45, 2.75) is 6.92 Å². The molecule has 0 atom stereocenters. The fraction of sp³-hybridized carbons (Fsp3) is 0.167. The number of hydrogen-bond donors (Lipinski definition) is 1. The molecular weight excluding hydrogens is 220 g/mol. The zero-order valence-electron chi connectivity index (χ0n) is 9.40. The molecule has 0 unspecified atom stereocenters. The Kier molecular flexibility index (Phi) is 4.66. The van der Waals surface area contributed by atoms with Gasteiger partial charge in [-0.3, -0.25) is 5.32 Å². The fourth-order valence-electron chi connectivity index (χ4n) is 1.15. The highest BCUT2D eigenvalue weighted by atomic mass is 16.5. The lowest BCUT2D eigenvalue weighted by molar-refractivity contribution is 0.174. The summed E-state index contributed by atoms with van der Waals surface area (Å²) >= 11 is 0. The van der Waals surface area contributed by atoms with Crippen LogP contribution >= 0.6 is 0 Å². The summed E-state index contributed by atoms with van der Waals surface area (Å²) in [4.78, 5) is 24.9. The van der Waals surface area contributed by atoms with E-state index in [4.69, 9.17) is 4.74 Å². The van der Waals surface area contributed by atoms with Gasteiger partial charge in [0.1, 0.15) is 6.61 Å². The van der Waals surface area contributed by atoms with Gasteiger partial charge in [0, 0.05) is 5.69 Å². The molecule has 0 aliphatic heterocycles. The summed E-state index contributed by atoms with van der Waals surface area (Å²) in [7, 11) is 0. The summed E-state index contributed by atoms with van der Waals surface area (Å²) in [5.74, 6) is 0. The number of anilines is 1. The molecule has 0 heterocycles. The Morgan fingerprint density at radius 2 is 2.41 bits per heavy atom. The number of carbonyl (C=O) groups is 1. The first-order valence-electron chi connectivity index (χ1n) is 4.90. The molecule has 0 fully saturated rings. The molecule has 0 aliphatic rings. The highest BCUT2D eigenvalue weighted by Gasteiger charge is 2.05. The molecule has 1 aromatic rings. The maximum Gasteiger partial charge on any atom is 0.411 e. The van der Waals surface area contributed by atoms with Gasteiger partial charge in [0.05, 0.1) is 5.69 Å². The normalized spacial score (nSPS) is 9.00. The van der Waals surface area contributed by atoms with Gasteiger partial charge in [-0.25, -0.2) is 9.59 Å². The average molecular weight is 232 g/mol. The maximum atomic E-state index is 11.3. The summed E-state index contributed by atoms with van der Waals surface area (Å²) in [6, 6.07) is 4.95. The lowest BCUT2D eigenvalue weighted by atomic mass is 10.2. The van der Waals surface area contributed by atoms with Crippen LogP contribution in [0.15, 0.2) is 35.8 Å². The van der Waals surface area contributed by atoms with Crippen molar-refractivity contribution in [3.8, 4) is 0 Å². The van der Waals surface area contributed by atoms with Gasteiger partial charge in [-0.1, -0.05) is 18.7 Å². The highest BCUT2D eigenvalue weighted by molar-refractivity contribution is 5.86. The molecule has 0 spiro atoms. The van der Waals surface area contributed by atoms with Crippen molar-refractivity contribution in [3.05, 3.63) is 36.4 Å². The first kappa shape index (κ1) is 12.7. The van der Waals surface area contributed by atoms with Crippen LogP contribution in [0.1, 0.15) is 5.56 Å². The molecule has 0 aliphatic carbocycles. The standard InChI is InChI=1S/C12H12N2O3/c1-3-6-17-12(16)14-11-7-10(13-8-15)5-4-9(11)2/h3-5,7H,1,6H2,2H3,(H,14,16). The van der Waals surface area contributed by atoms with Gasteiger partial charge in [0.2, 0.25) is 6.08 Å². The number of carbonyl (C=O) groups excluding carboxylic acids is 2. The number of ether oxygens (including phenoxy) is 1. The van der Waals surface area contributed by atoms with E-state index in [9.17, 15) is 9.59 Å². The average Bonchev–Trinajstić information content (AvgIpc) is 2.31. The number of nitrogens with one attached hydrogen (secondary N) is 1.